The van der Waals surface area contributed by atoms with E-state index in [0.717, 1.165) is 32.1 Å². The normalized spacial score (nSPS) is 24.2. The van der Waals surface area contributed by atoms with Gasteiger partial charge in [-0.25, -0.2) is 0 Å². The Bertz CT molecular complexity index is 427. The summed E-state index contributed by atoms with van der Waals surface area (Å²) < 4.78 is 4.87. The Balaban J connectivity index is 2.04. The van der Waals surface area contributed by atoms with Crippen molar-refractivity contribution >= 4 is 11.9 Å². The molecule has 0 radical (unpaired) electrons. The number of amides is 1. The van der Waals surface area contributed by atoms with Crippen molar-refractivity contribution in [2.24, 2.45) is 5.92 Å². The van der Waals surface area contributed by atoms with Crippen molar-refractivity contribution in [2.75, 3.05) is 0 Å². The number of nitrogens with one attached hydrogen (secondary N) is 1. The third-order valence-corrected chi connectivity index (χ3v) is 3.68. The number of carbonyl (C=O) groups is 2. The van der Waals surface area contributed by atoms with Gasteiger partial charge in [0.05, 0.1) is 17.7 Å². The number of hydrogen-bond donors (Lipinski definition) is 2. The summed E-state index contributed by atoms with van der Waals surface area (Å²) >= 11 is 0. The molecule has 1 aliphatic carbocycles. The predicted octanol–water partition coefficient (Wildman–Crippen LogP) is 2.43. The average molecular weight is 265 g/mol. The fourth-order valence-electron chi connectivity index (χ4n) is 2.60. The summed E-state index contributed by atoms with van der Waals surface area (Å²) in [5, 5.41) is 12.1. The van der Waals surface area contributed by atoms with Crippen LogP contribution < -0.4 is 5.32 Å². The van der Waals surface area contributed by atoms with Gasteiger partial charge in [0.15, 0.2) is 0 Å². The standard InChI is InChI=1S/C14H19NO4/c16-13(10-7-8-19-9-10)15-12-6-4-2-1-3-5-11(12)14(17)18/h7-9,11-12H,1-6H2,(H,15,16)(H,17,18). The highest BCUT2D eigenvalue weighted by Gasteiger charge is 2.30. The molecule has 1 saturated carbocycles. The second-order valence-electron chi connectivity index (χ2n) is 5.03. The molecule has 5 nitrogen and oxygen atoms in total. The molecule has 0 spiro atoms. The SMILES string of the molecule is O=C(NC1CCCCCCC1C(=O)O)c1ccoc1. The van der Waals surface area contributed by atoms with Gasteiger partial charge in [-0.05, 0) is 18.9 Å². The van der Waals surface area contributed by atoms with E-state index in [9.17, 15) is 14.7 Å². The molecule has 1 heterocycles. The van der Waals surface area contributed by atoms with Crippen LogP contribution in [0.2, 0.25) is 0 Å². The number of hydrogen-bond acceptors (Lipinski definition) is 3. The highest BCUT2D eigenvalue weighted by atomic mass is 16.4. The minimum Gasteiger partial charge on any atom is -0.481 e. The molecule has 1 fully saturated rings. The third-order valence-electron chi connectivity index (χ3n) is 3.68. The van der Waals surface area contributed by atoms with Crippen LogP contribution in [-0.4, -0.2) is 23.0 Å². The van der Waals surface area contributed by atoms with Gasteiger partial charge in [-0.15, -0.1) is 0 Å². The first-order valence-corrected chi connectivity index (χ1v) is 6.74. The predicted molar refractivity (Wildman–Crippen MR) is 68.8 cm³/mol. The number of rotatable bonds is 3. The second kappa shape index (κ2) is 6.41. The van der Waals surface area contributed by atoms with E-state index in [-0.39, 0.29) is 11.9 Å². The molecule has 5 heteroatoms. The number of carboxylic acids is 1. The largest absolute Gasteiger partial charge is 0.481 e. The molecule has 19 heavy (non-hydrogen) atoms. The van der Waals surface area contributed by atoms with Crippen LogP contribution in [0.15, 0.2) is 23.0 Å². The molecule has 2 atom stereocenters. The Hall–Kier alpha value is -1.78. The molecule has 1 aliphatic rings. The maximum absolute atomic E-state index is 12.0. The quantitative estimate of drug-likeness (QED) is 0.879. The second-order valence-corrected chi connectivity index (χ2v) is 5.03. The van der Waals surface area contributed by atoms with E-state index in [2.05, 4.69) is 5.32 Å². The maximum Gasteiger partial charge on any atom is 0.308 e. The van der Waals surface area contributed by atoms with Crippen LogP contribution in [0.25, 0.3) is 0 Å². The molecule has 2 rings (SSSR count). The highest BCUT2D eigenvalue weighted by Crippen LogP contribution is 2.23. The van der Waals surface area contributed by atoms with E-state index in [0.29, 0.717) is 12.0 Å². The molecule has 0 aliphatic heterocycles. The van der Waals surface area contributed by atoms with Crippen molar-refractivity contribution in [1.29, 1.82) is 0 Å². The molecular formula is C14H19NO4. The zero-order valence-corrected chi connectivity index (χ0v) is 10.8. The van der Waals surface area contributed by atoms with Crippen molar-refractivity contribution < 1.29 is 19.1 Å². The van der Waals surface area contributed by atoms with Gasteiger partial charge in [-0.2, -0.15) is 0 Å². The molecule has 1 aromatic heterocycles. The van der Waals surface area contributed by atoms with Gasteiger partial charge >= 0.3 is 5.97 Å². The minimum absolute atomic E-state index is 0.259. The van der Waals surface area contributed by atoms with E-state index in [1.807, 2.05) is 0 Å². The van der Waals surface area contributed by atoms with Crippen LogP contribution in [0, 0.1) is 5.92 Å². The Labute approximate surface area is 112 Å². The van der Waals surface area contributed by atoms with Gasteiger partial charge in [-0.1, -0.05) is 25.7 Å². The number of carbonyl (C=O) groups excluding carboxylic acids is 1. The van der Waals surface area contributed by atoms with E-state index in [1.165, 1.54) is 12.5 Å². The van der Waals surface area contributed by atoms with Gasteiger partial charge in [0.25, 0.3) is 5.91 Å². The fraction of sp³-hybridized carbons (Fsp3) is 0.571. The lowest BCUT2D eigenvalue weighted by molar-refractivity contribution is -0.143. The van der Waals surface area contributed by atoms with Crippen molar-refractivity contribution in [3.05, 3.63) is 24.2 Å². The summed E-state index contributed by atoms with van der Waals surface area (Å²) in [7, 11) is 0. The van der Waals surface area contributed by atoms with Gasteiger partial charge in [0.1, 0.15) is 6.26 Å². The lowest BCUT2D eigenvalue weighted by atomic mass is 9.86. The van der Waals surface area contributed by atoms with Crippen LogP contribution >= 0.6 is 0 Å². The number of carboxylic acid groups (broad SMARTS) is 1. The highest BCUT2D eigenvalue weighted by molar-refractivity contribution is 5.94. The van der Waals surface area contributed by atoms with Crippen molar-refractivity contribution in [3.8, 4) is 0 Å². The van der Waals surface area contributed by atoms with Gasteiger partial charge < -0.3 is 14.8 Å². The molecule has 1 aromatic rings. The minimum atomic E-state index is -0.820. The molecule has 0 bridgehead atoms. The Morgan fingerprint density at radius 1 is 1.21 bits per heavy atom. The Morgan fingerprint density at radius 3 is 2.58 bits per heavy atom. The lowest BCUT2D eigenvalue weighted by Gasteiger charge is -2.27. The zero-order valence-electron chi connectivity index (χ0n) is 10.8. The topological polar surface area (TPSA) is 79.5 Å². The van der Waals surface area contributed by atoms with Gasteiger partial charge in [0, 0.05) is 6.04 Å². The van der Waals surface area contributed by atoms with Gasteiger partial charge in [-0.3, -0.25) is 9.59 Å². The summed E-state index contributed by atoms with van der Waals surface area (Å²) in [6, 6.07) is 1.29. The van der Waals surface area contributed by atoms with Crippen LogP contribution in [-0.2, 0) is 4.79 Å². The number of furan rings is 1. The smallest absolute Gasteiger partial charge is 0.308 e. The first-order valence-electron chi connectivity index (χ1n) is 6.74. The first-order chi connectivity index (χ1) is 9.18. The van der Waals surface area contributed by atoms with Crippen molar-refractivity contribution in [1.82, 2.24) is 5.32 Å². The Morgan fingerprint density at radius 2 is 1.95 bits per heavy atom. The van der Waals surface area contributed by atoms with Crippen molar-refractivity contribution in [3.63, 3.8) is 0 Å². The first kappa shape index (κ1) is 13.6. The zero-order chi connectivity index (χ0) is 13.7. The van der Waals surface area contributed by atoms with Crippen LogP contribution in [0.4, 0.5) is 0 Å². The van der Waals surface area contributed by atoms with Crippen LogP contribution in [0.5, 0.6) is 0 Å². The van der Waals surface area contributed by atoms with Crippen LogP contribution in [0.1, 0.15) is 48.9 Å². The van der Waals surface area contributed by atoms with E-state index >= 15 is 0 Å². The maximum atomic E-state index is 12.0. The van der Waals surface area contributed by atoms with Crippen LogP contribution in [0.3, 0.4) is 0 Å². The molecule has 2 unspecified atom stereocenters. The molecule has 2 N–H and O–H groups in total. The lowest BCUT2D eigenvalue weighted by Crippen LogP contribution is -2.43. The average Bonchev–Trinajstić information content (AvgIpc) is 2.85. The van der Waals surface area contributed by atoms with E-state index in [4.69, 9.17) is 4.42 Å². The summed E-state index contributed by atoms with van der Waals surface area (Å²) in [5.74, 6) is -1.57. The molecule has 104 valence electrons. The molecule has 1 amide bonds. The monoisotopic (exact) mass is 265 g/mol. The summed E-state index contributed by atoms with van der Waals surface area (Å²) in [5.41, 5.74) is 0.436. The van der Waals surface area contributed by atoms with E-state index in [1.54, 1.807) is 6.07 Å². The molecule has 0 aromatic carbocycles. The van der Waals surface area contributed by atoms with Crippen molar-refractivity contribution in [2.45, 2.75) is 44.6 Å². The van der Waals surface area contributed by atoms with Gasteiger partial charge in [0.2, 0.25) is 0 Å². The summed E-state index contributed by atoms with van der Waals surface area (Å²) in [4.78, 5) is 23.3. The fourth-order valence-corrected chi connectivity index (χ4v) is 2.60. The third kappa shape index (κ3) is 3.59. The summed E-state index contributed by atoms with van der Waals surface area (Å²) in [6.45, 7) is 0. The van der Waals surface area contributed by atoms with E-state index < -0.39 is 11.9 Å². The number of aliphatic carboxylic acids is 1. The summed E-state index contributed by atoms with van der Waals surface area (Å²) in [6.07, 6.45) is 8.20. The molecular weight excluding hydrogens is 246 g/mol. The molecule has 0 saturated heterocycles. The Kier molecular flexibility index (Phi) is 4.60.